The van der Waals surface area contributed by atoms with Crippen molar-refractivity contribution >= 4 is 22.6 Å². The average Bonchev–Trinajstić information content (AvgIpc) is 2.34. The molecule has 1 aromatic heterocycles. The van der Waals surface area contributed by atoms with Crippen molar-refractivity contribution in [3.8, 4) is 5.75 Å². The van der Waals surface area contributed by atoms with Crippen LogP contribution in [0.3, 0.4) is 0 Å². The van der Waals surface area contributed by atoms with Crippen LogP contribution < -0.4 is 10.3 Å². The number of rotatable bonds is 4. The molecule has 4 heteroatoms. The molecule has 88 valence electrons. The molecule has 2 aromatic rings. The summed E-state index contributed by atoms with van der Waals surface area (Å²) in [6.45, 7) is 1.05. The lowest BCUT2D eigenvalue weighted by Gasteiger charge is -2.07. The second kappa shape index (κ2) is 5.86. The van der Waals surface area contributed by atoms with Crippen LogP contribution in [0.5, 0.6) is 5.75 Å². The van der Waals surface area contributed by atoms with Gasteiger partial charge >= 0.3 is 0 Å². The fraction of sp³-hybridized carbons (Fsp3) is 0.154. The van der Waals surface area contributed by atoms with Crippen molar-refractivity contribution in [3.63, 3.8) is 0 Å². The fourth-order valence-corrected chi connectivity index (χ4v) is 1.80. The predicted octanol–water partition coefficient (Wildman–Crippen LogP) is 2.53. The van der Waals surface area contributed by atoms with Crippen molar-refractivity contribution in [1.29, 1.82) is 0 Å². The van der Waals surface area contributed by atoms with Crippen LogP contribution in [0.1, 0.15) is 0 Å². The molecule has 0 saturated heterocycles. The van der Waals surface area contributed by atoms with Gasteiger partial charge in [-0.3, -0.25) is 4.79 Å². The molecule has 0 radical (unpaired) electrons. The molecule has 1 heterocycles. The van der Waals surface area contributed by atoms with Gasteiger partial charge in [-0.05, 0) is 52.9 Å². The van der Waals surface area contributed by atoms with Gasteiger partial charge in [-0.1, -0.05) is 6.07 Å². The Morgan fingerprint density at radius 2 is 1.88 bits per heavy atom. The zero-order valence-corrected chi connectivity index (χ0v) is 11.3. The first-order chi connectivity index (χ1) is 8.25. The van der Waals surface area contributed by atoms with E-state index in [1.54, 1.807) is 22.9 Å². The van der Waals surface area contributed by atoms with Crippen molar-refractivity contribution in [3.05, 3.63) is 62.6 Å². The maximum Gasteiger partial charge on any atom is 0.250 e. The first-order valence-electron chi connectivity index (χ1n) is 5.29. The van der Waals surface area contributed by atoms with E-state index in [-0.39, 0.29) is 5.56 Å². The molecule has 1 aromatic carbocycles. The summed E-state index contributed by atoms with van der Waals surface area (Å²) in [5, 5.41) is 0. The molecule has 0 spiro atoms. The zero-order valence-electron chi connectivity index (χ0n) is 9.17. The first-order valence-corrected chi connectivity index (χ1v) is 6.37. The normalized spacial score (nSPS) is 10.2. The topological polar surface area (TPSA) is 31.2 Å². The van der Waals surface area contributed by atoms with E-state index >= 15 is 0 Å². The molecule has 0 bridgehead atoms. The largest absolute Gasteiger partial charge is 0.492 e. The third-order valence-electron chi connectivity index (χ3n) is 2.31. The number of aromatic nitrogens is 1. The number of hydrogen-bond donors (Lipinski definition) is 0. The molecule has 0 saturated carbocycles. The monoisotopic (exact) mass is 341 g/mol. The van der Waals surface area contributed by atoms with Crippen LogP contribution >= 0.6 is 22.6 Å². The minimum Gasteiger partial charge on any atom is -0.492 e. The van der Waals surface area contributed by atoms with Crippen LogP contribution in [0.2, 0.25) is 0 Å². The molecule has 2 rings (SSSR count). The van der Waals surface area contributed by atoms with E-state index in [1.165, 1.54) is 3.57 Å². The van der Waals surface area contributed by atoms with Crippen LogP contribution in [0.15, 0.2) is 53.5 Å². The molecular weight excluding hydrogens is 329 g/mol. The lowest BCUT2D eigenvalue weighted by Crippen LogP contribution is -2.21. The highest BCUT2D eigenvalue weighted by molar-refractivity contribution is 14.1. The van der Waals surface area contributed by atoms with Crippen molar-refractivity contribution < 1.29 is 4.74 Å². The maximum atomic E-state index is 11.4. The first kappa shape index (κ1) is 12.2. The Bertz CT molecular complexity index is 534. The molecule has 0 aliphatic heterocycles. The molecule has 0 N–H and O–H groups in total. The molecule has 0 fully saturated rings. The van der Waals surface area contributed by atoms with E-state index in [0.717, 1.165) is 5.75 Å². The van der Waals surface area contributed by atoms with Crippen molar-refractivity contribution in [1.82, 2.24) is 4.57 Å². The summed E-state index contributed by atoms with van der Waals surface area (Å²) < 4.78 is 8.36. The average molecular weight is 341 g/mol. The molecular formula is C13H12INO2. The summed E-state index contributed by atoms with van der Waals surface area (Å²) in [5.41, 5.74) is -0.00119. The molecule has 17 heavy (non-hydrogen) atoms. The Balaban J connectivity index is 1.90. The Labute approximate surface area is 113 Å². The predicted molar refractivity (Wildman–Crippen MR) is 75.4 cm³/mol. The quantitative estimate of drug-likeness (QED) is 0.801. The van der Waals surface area contributed by atoms with Crippen LogP contribution in [0, 0.1) is 3.57 Å². The molecule has 0 aliphatic carbocycles. The van der Waals surface area contributed by atoms with Gasteiger partial charge in [-0.2, -0.15) is 0 Å². The van der Waals surface area contributed by atoms with E-state index in [9.17, 15) is 4.79 Å². The highest BCUT2D eigenvalue weighted by atomic mass is 127. The van der Waals surface area contributed by atoms with Crippen molar-refractivity contribution in [2.45, 2.75) is 6.54 Å². The Morgan fingerprint density at radius 3 is 2.59 bits per heavy atom. The smallest absolute Gasteiger partial charge is 0.250 e. The van der Waals surface area contributed by atoms with Gasteiger partial charge in [-0.25, -0.2) is 0 Å². The molecule has 0 aliphatic rings. The third kappa shape index (κ3) is 3.59. The van der Waals surface area contributed by atoms with Gasteiger partial charge in [0.2, 0.25) is 0 Å². The number of halogens is 1. The standard InChI is InChI=1S/C13H12INO2/c14-11-4-6-12(7-5-11)17-10-9-15-8-2-1-3-13(15)16/h1-8H,9-10H2. The van der Waals surface area contributed by atoms with Crippen LogP contribution in [-0.2, 0) is 6.54 Å². The van der Waals surface area contributed by atoms with Gasteiger partial charge < -0.3 is 9.30 Å². The lowest BCUT2D eigenvalue weighted by molar-refractivity contribution is 0.296. The summed E-state index contributed by atoms with van der Waals surface area (Å²) in [4.78, 5) is 11.4. The minimum atomic E-state index is -0.00119. The number of ether oxygens (including phenoxy) is 1. The summed E-state index contributed by atoms with van der Waals surface area (Å²) >= 11 is 2.25. The van der Waals surface area contributed by atoms with Gasteiger partial charge in [0.25, 0.3) is 5.56 Å². The van der Waals surface area contributed by atoms with Gasteiger partial charge in [0.15, 0.2) is 0 Å². The van der Waals surface area contributed by atoms with Crippen LogP contribution in [0.4, 0.5) is 0 Å². The van der Waals surface area contributed by atoms with Crippen molar-refractivity contribution in [2.75, 3.05) is 6.61 Å². The Morgan fingerprint density at radius 1 is 1.12 bits per heavy atom. The van der Waals surface area contributed by atoms with Crippen molar-refractivity contribution in [2.24, 2.45) is 0 Å². The SMILES string of the molecule is O=c1ccccn1CCOc1ccc(I)cc1. The van der Waals surface area contributed by atoms with Crippen LogP contribution in [0.25, 0.3) is 0 Å². The zero-order chi connectivity index (χ0) is 12.1. The molecule has 3 nitrogen and oxygen atoms in total. The molecule has 0 unspecified atom stereocenters. The van der Waals surface area contributed by atoms with Crippen LogP contribution in [-0.4, -0.2) is 11.2 Å². The number of pyridine rings is 1. The third-order valence-corrected chi connectivity index (χ3v) is 3.03. The highest BCUT2D eigenvalue weighted by Gasteiger charge is 1.96. The maximum absolute atomic E-state index is 11.4. The minimum absolute atomic E-state index is 0.00119. The molecule has 0 amide bonds. The number of hydrogen-bond acceptors (Lipinski definition) is 2. The lowest BCUT2D eigenvalue weighted by atomic mass is 10.3. The second-order valence-corrected chi connectivity index (χ2v) is 4.78. The summed E-state index contributed by atoms with van der Waals surface area (Å²) in [6.07, 6.45) is 1.76. The van der Waals surface area contributed by atoms with E-state index in [0.29, 0.717) is 13.2 Å². The van der Waals surface area contributed by atoms with E-state index < -0.39 is 0 Å². The van der Waals surface area contributed by atoms with Gasteiger partial charge in [0.1, 0.15) is 12.4 Å². The number of nitrogens with zero attached hydrogens (tertiary/aromatic N) is 1. The van der Waals surface area contributed by atoms with E-state index in [1.807, 2.05) is 30.3 Å². The molecule has 0 atom stereocenters. The van der Waals surface area contributed by atoms with Gasteiger partial charge in [0.05, 0.1) is 6.54 Å². The summed E-state index contributed by atoms with van der Waals surface area (Å²) in [7, 11) is 0. The second-order valence-electron chi connectivity index (χ2n) is 3.53. The Kier molecular flexibility index (Phi) is 4.19. The fourth-order valence-electron chi connectivity index (χ4n) is 1.44. The Hall–Kier alpha value is -1.30. The summed E-state index contributed by atoms with van der Waals surface area (Å²) in [5.74, 6) is 0.828. The van der Waals surface area contributed by atoms with Gasteiger partial charge in [0, 0.05) is 15.8 Å². The summed E-state index contributed by atoms with van der Waals surface area (Å²) in [6, 6.07) is 13.0. The highest BCUT2D eigenvalue weighted by Crippen LogP contribution is 2.13. The van der Waals surface area contributed by atoms with Gasteiger partial charge in [-0.15, -0.1) is 0 Å². The van der Waals surface area contributed by atoms with E-state index in [4.69, 9.17) is 4.74 Å². The number of benzene rings is 1. The van der Waals surface area contributed by atoms with E-state index in [2.05, 4.69) is 22.6 Å².